The van der Waals surface area contributed by atoms with E-state index in [4.69, 9.17) is 14.2 Å². The fraction of sp³-hybridized carbons (Fsp3) is 0.625. The van der Waals surface area contributed by atoms with Gasteiger partial charge >= 0.3 is 0 Å². The number of aliphatic hydroxyl groups excluding tert-OH is 2. The Morgan fingerprint density at radius 2 is 2.03 bits per heavy atom. The third kappa shape index (κ3) is 5.80. The second kappa shape index (κ2) is 11.2. The summed E-state index contributed by atoms with van der Waals surface area (Å²) in [5.74, 6) is -0.524. The third-order valence-corrected chi connectivity index (χ3v) is 6.48. The van der Waals surface area contributed by atoms with Crippen LogP contribution in [-0.4, -0.2) is 103 Å². The minimum absolute atomic E-state index is 0.0617. The molecule has 13 nitrogen and oxygen atoms in total. The molecule has 0 aliphatic carbocycles. The third-order valence-electron chi connectivity index (χ3n) is 6.48. The van der Waals surface area contributed by atoms with E-state index in [0.29, 0.717) is 26.3 Å². The van der Waals surface area contributed by atoms with E-state index >= 15 is 0 Å². The molecule has 4 atom stereocenters. The Balaban J connectivity index is 1.54. The van der Waals surface area contributed by atoms with Crippen molar-refractivity contribution in [2.45, 2.75) is 63.9 Å². The summed E-state index contributed by atoms with van der Waals surface area (Å²) in [4.78, 5) is 27.8. The van der Waals surface area contributed by atoms with Gasteiger partial charge in [-0.3, -0.25) is 14.3 Å². The number of morpholine rings is 1. The first-order chi connectivity index (χ1) is 17.6. The van der Waals surface area contributed by atoms with E-state index in [1.165, 1.54) is 17.2 Å². The van der Waals surface area contributed by atoms with Crippen molar-refractivity contribution in [2.75, 3.05) is 38.2 Å². The van der Waals surface area contributed by atoms with Crippen molar-refractivity contribution < 1.29 is 29.2 Å². The summed E-state index contributed by atoms with van der Waals surface area (Å²) in [5, 5.41) is 33.4. The van der Waals surface area contributed by atoms with Crippen LogP contribution in [0.1, 0.15) is 33.9 Å². The number of hydrogen-bond acceptors (Lipinski definition) is 11. The van der Waals surface area contributed by atoms with Crippen molar-refractivity contribution in [1.82, 2.24) is 24.4 Å². The number of nitrogens with one attached hydrogen (secondary N) is 1. The number of carbonyl (C=O) groups excluding carboxylic acids is 1. The van der Waals surface area contributed by atoms with Gasteiger partial charge in [-0.25, -0.2) is 15.0 Å². The molecule has 37 heavy (non-hydrogen) atoms. The first-order valence-corrected chi connectivity index (χ1v) is 12.2. The molecule has 2 aromatic rings. The average Bonchev–Trinajstić information content (AvgIpc) is 3.43. The number of imidazole rings is 1. The topological polar surface area (TPSA) is 168 Å². The van der Waals surface area contributed by atoms with Crippen LogP contribution in [0, 0.1) is 11.3 Å². The van der Waals surface area contributed by atoms with E-state index in [0.717, 1.165) is 0 Å². The van der Waals surface area contributed by atoms with Gasteiger partial charge in [0.15, 0.2) is 23.2 Å². The second-order valence-corrected chi connectivity index (χ2v) is 9.85. The zero-order chi connectivity index (χ0) is 26.7. The highest BCUT2D eigenvalue weighted by molar-refractivity contribution is 6.08. The fourth-order valence-electron chi connectivity index (χ4n) is 4.42. The van der Waals surface area contributed by atoms with Crippen LogP contribution in [-0.2, 0) is 19.0 Å². The van der Waals surface area contributed by atoms with Crippen LogP contribution in [0.3, 0.4) is 0 Å². The molecule has 2 aliphatic rings. The molecule has 1 amide bonds. The van der Waals surface area contributed by atoms with E-state index in [9.17, 15) is 20.3 Å². The zero-order valence-corrected chi connectivity index (χ0v) is 21.4. The van der Waals surface area contributed by atoms with Crippen LogP contribution in [0.15, 0.2) is 24.3 Å². The SMILES string of the molecule is CC(C)OC[C@H]1O[C@@H](n2cnc3c(NC(=O)/C(C#N)=C/C(C)(C)N4CCOCC4)ncnc32)[C@H](O)[C@@H]1O. The second-order valence-electron chi connectivity index (χ2n) is 9.85. The highest BCUT2D eigenvalue weighted by Crippen LogP contribution is 2.32. The van der Waals surface area contributed by atoms with E-state index in [1.54, 1.807) is 6.08 Å². The van der Waals surface area contributed by atoms with Crippen molar-refractivity contribution in [3.63, 3.8) is 0 Å². The average molecular weight is 516 g/mol. The van der Waals surface area contributed by atoms with Crippen molar-refractivity contribution in [3.8, 4) is 6.07 Å². The summed E-state index contributed by atoms with van der Waals surface area (Å²) in [5.41, 5.74) is -0.0781. The maximum Gasteiger partial charge on any atom is 0.267 e. The fourth-order valence-corrected chi connectivity index (χ4v) is 4.42. The summed E-state index contributed by atoms with van der Waals surface area (Å²) < 4.78 is 18.3. The van der Waals surface area contributed by atoms with Gasteiger partial charge in [-0.2, -0.15) is 5.26 Å². The number of anilines is 1. The number of carbonyl (C=O) groups is 1. The smallest absolute Gasteiger partial charge is 0.267 e. The maximum atomic E-state index is 13.0. The number of fused-ring (bicyclic) bond motifs is 1. The van der Waals surface area contributed by atoms with Gasteiger partial charge < -0.3 is 29.7 Å². The van der Waals surface area contributed by atoms with E-state index < -0.39 is 36.0 Å². The molecule has 2 aromatic heterocycles. The normalized spacial score (nSPS) is 25.5. The van der Waals surface area contributed by atoms with Crippen LogP contribution in [0.2, 0.25) is 0 Å². The molecular weight excluding hydrogens is 482 g/mol. The number of rotatable bonds is 8. The molecule has 2 fully saturated rings. The van der Waals surface area contributed by atoms with Gasteiger partial charge in [-0.05, 0) is 33.8 Å². The molecule has 2 saturated heterocycles. The lowest BCUT2D eigenvalue weighted by molar-refractivity contribution is -0.112. The number of nitrogens with zero attached hydrogens (tertiary/aromatic N) is 6. The van der Waals surface area contributed by atoms with Crippen molar-refractivity contribution in [3.05, 3.63) is 24.3 Å². The van der Waals surface area contributed by atoms with Gasteiger partial charge in [0.25, 0.3) is 5.91 Å². The van der Waals surface area contributed by atoms with Gasteiger partial charge in [0, 0.05) is 18.6 Å². The zero-order valence-electron chi connectivity index (χ0n) is 21.4. The summed E-state index contributed by atoms with van der Waals surface area (Å²) >= 11 is 0. The highest BCUT2D eigenvalue weighted by Gasteiger charge is 2.44. The standard InChI is InChI=1S/C24H33N7O6/c1-14(2)36-11-16-18(32)19(33)23(37-16)31-13-28-17-20(26-12-27-21(17)31)29-22(34)15(10-25)9-24(3,4)30-5-7-35-8-6-30/h9,12-14,16,18-19,23,32-33H,5-8,11H2,1-4H3,(H,26,27,29,34)/b15-9+/t16-,18-,19-,23-/m1/s1. The molecule has 4 rings (SSSR count). The predicted molar refractivity (Wildman–Crippen MR) is 131 cm³/mol. The molecule has 3 N–H and O–H groups in total. The molecule has 0 aromatic carbocycles. The summed E-state index contributed by atoms with van der Waals surface area (Å²) in [6.07, 6.45) is 0.0783. The number of aliphatic hydroxyl groups is 2. The number of hydrogen-bond donors (Lipinski definition) is 3. The summed E-state index contributed by atoms with van der Waals surface area (Å²) in [6, 6.07) is 1.98. The monoisotopic (exact) mass is 515 g/mol. The summed E-state index contributed by atoms with van der Waals surface area (Å²) in [7, 11) is 0. The van der Waals surface area contributed by atoms with Crippen LogP contribution >= 0.6 is 0 Å². The summed E-state index contributed by atoms with van der Waals surface area (Å²) in [6.45, 7) is 10.3. The maximum absolute atomic E-state index is 13.0. The molecule has 0 bridgehead atoms. The van der Waals surface area contributed by atoms with Crippen LogP contribution in [0.4, 0.5) is 5.82 Å². The van der Waals surface area contributed by atoms with Gasteiger partial charge in [0.05, 0.1) is 32.3 Å². The molecule has 0 unspecified atom stereocenters. The van der Waals surface area contributed by atoms with Crippen LogP contribution < -0.4 is 5.32 Å². The van der Waals surface area contributed by atoms with Crippen LogP contribution in [0.5, 0.6) is 0 Å². The molecule has 0 radical (unpaired) electrons. The Hall–Kier alpha value is -2.99. The highest BCUT2D eigenvalue weighted by atomic mass is 16.6. The Morgan fingerprint density at radius 3 is 2.70 bits per heavy atom. The molecular formula is C24H33N7O6. The number of amides is 1. The van der Waals surface area contributed by atoms with Gasteiger partial charge in [-0.1, -0.05) is 0 Å². The number of aromatic nitrogens is 4. The quantitative estimate of drug-likeness (QED) is 0.328. The van der Waals surface area contributed by atoms with Crippen molar-refractivity contribution in [2.24, 2.45) is 0 Å². The number of nitriles is 1. The molecule has 200 valence electrons. The minimum atomic E-state index is -1.25. The van der Waals surface area contributed by atoms with Crippen LogP contribution in [0.25, 0.3) is 11.2 Å². The van der Waals surface area contributed by atoms with E-state index in [2.05, 4.69) is 25.2 Å². The lowest BCUT2D eigenvalue weighted by Gasteiger charge is -2.39. The van der Waals surface area contributed by atoms with Gasteiger partial charge in [-0.15, -0.1) is 0 Å². The van der Waals surface area contributed by atoms with Gasteiger partial charge in [0.2, 0.25) is 0 Å². The molecule has 0 saturated carbocycles. The Morgan fingerprint density at radius 1 is 1.30 bits per heavy atom. The Kier molecular flexibility index (Phi) is 8.17. The van der Waals surface area contributed by atoms with E-state index in [1.807, 2.05) is 33.8 Å². The van der Waals surface area contributed by atoms with E-state index in [-0.39, 0.29) is 35.3 Å². The largest absolute Gasteiger partial charge is 0.387 e. The molecule has 2 aliphatic heterocycles. The van der Waals surface area contributed by atoms with Gasteiger partial charge in [0.1, 0.15) is 36.3 Å². The molecule has 0 spiro atoms. The Bertz CT molecular complexity index is 1180. The van der Waals surface area contributed by atoms with Crippen molar-refractivity contribution in [1.29, 1.82) is 5.26 Å². The minimum Gasteiger partial charge on any atom is -0.387 e. The molecule has 13 heteroatoms. The first-order valence-electron chi connectivity index (χ1n) is 12.2. The first kappa shape index (κ1) is 27.1. The predicted octanol–water partition coefficient (Wildman–Crippen LogP) is 0.370. The van der Waals surface area contributed by atoms with Crippen molar-refractivity contribution >= 4 is 22.9 Å². The Labute approximate surface area is 214 Å². The lowest BCUT2D eigenvalue weighted by Crippen LogP contribution is -2.49. The lowest BCUT2D eigenvalue weighted by atomic mass is 9.98. The number of ether oxygens (including phenoxy) is 3. The molecule has 4 heterocycles.